The van der Waals surface area contributed by atoms with E-state index in [1.165, 1.54) is 6.92 Å². The van der Waals surface area contributed by atoms with Crippen LogP contribution in [0.15, 0.2) is 48.5 Å². The second-order valence-electron chi connectivity index (χ2n) is 6.29. The number of carbonyl (C=O) groups is 2. The molecule has 0 aromatic heterocycles. The van der Waals surface area contributed by atoms with Crippen molar-refractivity contribution in [3.8, 4) is 5.75 Å². The van der Waals surface area contributed by atoms with Gasteiger partial charge in [-0.2, -0.15) is 0 Å². The van der Waals surface area contributed by atoms with Crippen LogP contribution < -0.4 is 15.0 Å². The normalized spacial score (nSPS) is 18.9. The van der Waals surface area contributed by atoms with Crippen molar-refractivity contribution in [2.45, 2.75) is 25.9 Å². The summed E-state index contributed by atoms with van der Waals surface area (Å²) >= 11 is 5.97. The SMILES string of the molecule is CCN1C(=O)C(C)(C(=O)NCCc2cccc(Cl)c2)Oc2ccccc21. The average Bonchev–Trinajstić information content (AvgIpc) is 2.63. The van der Waals surface area contributed by atoms with Crippen LogP contribution in [0.1, 0.15) is 19.4 Å². The summed E-state index contributed by atoms with van der Waals surface area (Å²) in [5.41, 5.74) is 0.113. The predicted octanol–water partition coefficient (Wildman–Crippen LogP) is 3.20. The van der Waals surface area contributed by atoms with Crippen LogP contribution in [-0.2, 0) is 16.0 Å². The number of hydrogen-bond donors (Lipinski definition) is 1. The Kier molecular flexibility index (Phi) is 5.18. The van der Waals surface area contributed by atoms with E-state index in [1.807, 2.05) is 43.3 Å². The smallest absolute Gasteiger partial charge is 0.280 e. The van der Waals surface area contributed by atoms with Crippen molar-refractivity contribution in [3.05, 3.63) is 59.1 Å². The number of likely N-dealkylation sites (N-methyl/N-ethyl adjacent to an activating group) is 1. The number of nitrogens with one attached hydrogen (secondary N) is 1. The van der Waals surface area contributed by atoms with Crippen LogP contribution in [0, 0.1) is 0 Å². The van der Waals surface area contributed by atoms with Gasteiger partial charge in [0, 0.05) is 18.1 Å². The lowest BCUT2D eigenvalue weighted by Gasteiger charge is -2.39. The minimum absolute atomic E-state index is 0.362. The third-order valence-corrected chi connectivity index (χ3v) is 4.70. The third-order valence-electron chi connectivity index (χ3n) is 4.46. The summed E-state index contributed by atoms with van der Waals surface area (Å²) in [5.74, 6) is -0.280. The number of benzene rings is 2. The van der Waals surface area contributed by atoms with E-state index in [0.29, 0.717) is 36.0 Å². The molecule has 26 heavy (non-hydrogen) atoms. The first-order valence-electron chi connectivity index (χ1n) is 8.58. The first kappa shape index (κ1) is 18.3. The van der Waals surface area contributed by atoms with Gasteiger partial charge in [-0.05, 0) is 50.1 Å². The molecule has 5 nitrogen and oxygen atoms in total. The topological polar surface area (TPSA) is 58.6 Å². The molecular weight excluding hydrogens is 352 g/mol. The Morgan fingerprint density at radius 2 is 2.00 bits per heavy atom. The highest BCUT2D eigenvalue weighted by Gasteiger charge is 2.50. The Morgan fingerprint density at radius 1 is 1.23 bits per heavy atom. The van der Waals surface area contributed by atoms with E-state index in [0.717, 1.165) is 5.56 Å². The summed E-state index contributed by atoms with van der Waals surface area (Å²) < 4.78 is 5.82. The van der Waals surface area contributed by atoms with Crippen LogP contribution in [0.4, 0.5) is 5.69 Å². The molecule has 1 atom stereocenters. The molecule has 0 fully saturated rings. The highest BCUT2D eigenvalue weighted by molar-refractivity contribution is 6.30. The number of ether oxygens (including phenoxy) is 1. The van der Waals surface area contributed by atoms with Gasteiger partial charge in [0.05, 0.1) is 5.69 Å². The van der Waals surface area contributed by atoms with Gasteiger partial charge in [-0.3, -0.25) is 9.59 Å². The molecule has 1 unspecified atom stereocenters. The Bertz CT molecular complexity index is 839. The summed E-state index contributed by atoms with van der Waals surface area (Å²) in [5, 5.41) is 3.47. The zero-order valence-electron chi connectivity index (χ0n) is 14.8. The maximum Gasteiger partial charge on any atom is 0.280 e. The molecule has 136 valence electrons. The molecule has 2 aromatic carbocycles. The van der Waals surface area contributed by atoms with Crippen LogP contribution >= 0.6 is 11.6 Å². The standard InChI is InChI=1S/C20H21ClN2O3/c1-3-23-16-9-4-5-10-17(16)26-20(2,19(23)25)18(24)22-12-11-14-7-6-8-15(21)13-14/h4-10,13H,3,11-12H2,1-2H3,(H,22,24). The zero-order chi connectivity index (χ0) is 18.7. The molecule has 0 radical (unpaired) electrons. The number of amides is 2. The van der Waals surface area contributed by atoms with E-state index in [9.17, 15) is 9.59 Å². The fourth-order valence-corrected chi connectivity index (χ4v) is 3.25. The van der Waals surface area contributed by atoms with Crippen molar-refractivity contribution in [2.24, 2.45) is 0 Å². The molecule has 0 aliphatic carbocycles. The average molecular weight is 373 g/mol. The van der Waals surface area contributed by atoms with Gasteiger partial charge in [-0.1, -0.05) is 35.9 Å². The van der Waals surface area contributed by atoms with Gasteiger partial charge >= 0.3 is 0 Å². The maximum atomic E-state index is 12.9. The molecular formula is C20H21ClN2O3. The monoisotopic (exact) mass is 372 g/mol. The van der Waals surface area contributed by atoms with Gasteiger partial charge in [0.2, 0.25) is 0 Å². The molecule has 1 N–H and O–H groups in total. The van der Waals surface area contributed by atoms with Gasteiger partial charge < -0.3 is 15.0 Å². The lowest BCUT2D eigenvalue weighted by atomic mass is 9.99. The number of rotatable bonds is 5. The van der Waals surface area contributed by atoms with E-state index in [-0.39, 0.29) is 5.91 Å². The molecule has 2 aromatic rings. The van der Waals surface area contributed by atoms with E-state index in [2.05, 4.69) is 5.32 Å². The number of fused-ring (bicyclic) bond motifs is 1. The molecule has 1 aliphatic heterocycles. The lowest BCUT2D eigenvalue weighted by Crippen LogP contribution is -2.62. The summed E-state index contributed by atoms with van der Waals surface area (Å²) in [6.07, 6.45) is 0.616. The second-order valence-corrected chi connectivity index (χ2v) is 6.72. The number of hydrogen-bond acceptors (Lipinski definition) is 3. The molecule has 3 rings (SSSR count). The minimum atomic E-state index is -1.58. The maximum absolute atomic E-state index is 12.9. The number of nitrogens with zero attached hydrogens (tertiary/aromatic N) is 1. The van der Waals surface area contributed by atoms with E-state index >= 15 is 0 Å². The quantitative estimate of drug-likeness (QED) is 0.820. The Morgan fingerprint density at radius 3 is 2.73 bits per heavy atom. The van der Waals surface area contributed by atoms with Crippen molar-refractivity contribution >= 4 is 29.1 Å². The number of carbonyl (C=O) groups excluding carboxylic acids is 2. The number of para-hydroxylation sites is 2. The number of anilines is 1. The van der Waals surface area contributed by atoms with Crippen LogP contribution in [0.25, 0.3) is 0 Å². The van der Waals surface area contributed by atoms with Crippen molar-refractivity contribution in [3.63, 3.8) is 0 Å². The molecule has 0 bridgehead atoms. The zero-order valence-corrected chi connectivity index (χ0v) is 15.5. The minimum Gasteiger partial charge on any atom is -0.466 e. The van der Waals surface area contributed by atoms with Crippen molar-refractivity contribution < 1.29 is 14.3 Å². The van der Waals surface area contributed by atoms with Gasteiger partial charge in [-0.25, -0.2) is 0 Å². The summed E-state index contributed by atoms with van der Waals surface area (Å²) in [7, 11) is 0. The van der Waals surface area contributed by atoms with E-state index in [1.54, 1.807) is 17.0 Å². The fourth-order valence-electron chi connectivity index (χ4n) is 3.04. The predicted molar refractivity (Wildman–Crippen MR) is 102 cm³/mol. The van der Waals surface area contributed by atoms with Crippen LogP contribution in [0.5, 0.6) is 5.75 Å². The lowest BCUT2D eigenvalue weighted by molar-refractivity contribution is -0.148. The van der Waals surface area contributed by atoms with Crippen molar-refractivity contribution in [1.29, 1.82) is 0 Å². The van der Waals surface area contributed by atoms with Gasteiger partial charge in [0.1, 0.15) is 5.75 Å². The summed E-state index contributed by atoms with van der Waals surface area (Å²) in [6.45, 7) is 4.24. The molecule has 1 aliphatic rings. The van der Waals surface area contributed by atoms with Gasteiger partial charge in [0.15, 0.2) is 0 Å². The first-order valence-corrected chi connectivity index (χ1v) is 8.96. The van der Waals surface area contributed by atoms with Crippen LogP contribution in [0.2, 0.25) is 5.02 Å². The molecule has 0 saturated carbocycles. The van der Waals surface area contributed by atoms with Crippen LogP contribution in [-0.4, -0.2) is 30.5 Å². The molecule has 1 heterocycles. The van der Waals surface area contributed by atoms with Crippen molar-refractivity contribution in [1.82, 2.24) is 5.32 Å². The van der Waals surface area contributed by atoms with E-state index in [4.69, 9.17) is 16.3 Å². The molecule has 0 saturated heterocycles. The third kappa shape index (κ3) is 3.40. The van der Waals surface area contributed by atoms with Crippen molar-refractivity contribution in [2.75, 3.05) is 18.0 Å². The van der Waals surface area contributed by atoms with Gasteiger partial charge in [-0.15, -0.1) is 0 Å². The Hall–Kier alpha value is -2.53. The molecule has 0 spiro atoms. The second kappa shape index (κ2) is 7.38. The Balaban J connectivity index is 1.72. The summed E-state index contributed by atoms with van der Waals surface area (Å²) in [6, 6.07) is 14.7. The summed E-state index contributed by atoms with van der Waals surface area (Å²) in [4.78, 5) is 27.2. The highest BCUT2D eigenvalue weighted by Crippen LogP contribution is 2.37. The van der Waals surface area contributed by atoms with Gasteiger partial charge in [0.25, 0.3) is 17.4 Å². The first-order chi connectivity index (χ1) is 12.5. The largest absolute Gasteiger partial charge is 0.466 e. The fraction of sp³-hybridized carbons (Fsp3) is 0.300. The van der Waals surface area contributed by atoms with Crippen LogP contribution in [0.3, 0.4) is 0 Å². The molecule has 2 amide bonds. The molecule has 6 heteroatoms. The number of halogens is 1. The van der Waals surface area contributed by atoms with E-state index < -0.39 is 11.5 Å². The Labute approximate surface area is 157 Å². The highest BCUT2D eigenvalue weighted by atomic mass is 35.5.